The normalized spacial score (nSPS) is 20.5. The smallest absolute Gasteiger partial charge is 0.230 e. The predicted molar refractivity (Wildman–Crippen MR) is 90.1 cm³/mol. The molecule has 3 heteroatoms. The lowest BCUT2D eigenvalue weighted by atomic mass is 9.86. The van der Waals surface area contributed by atoms with Crippen LogP contribution in [0.3, 0.4) is 0 Å². The number of ether oxygens (including phenoxy) is 1. The number of rotatable bonds is 4. The van der Waals surface area contributed by atoms with Crippen LogP contribution >= 0.6 is 0 Å². The van der Waals surface area contributed by atoms with Crippen LogP contribution in [0.4, 0.5) is 0 Å². The number of carbonyl (C=O) groups is 1. The Labute approximate surface area is 134 Å². The highest BCUT2D eigenvalue weighted by molar-refractivity contribution is 5.84. The topological polar surface area (TPSA) is 29.5 Å². The SMILES string of the molecule is CC1CN(C(=O)C(c2ccc(C(C)C)cc2)C(C)C)CCO1. The molecular formula is C19H29NO2. The van der Waals surface area contributed by atoms with Crippen molar-refractivity contribution in [1.82, 2.24) is 4.90 Å². The zero-order valence-electron chi connectivity index (χ0n) is 14.5. The number of carbonyl (C=O) groups excluding carboxylic acids is 1. The molecule has 0 N–H and O–H groups in total. The Balaban J connectivity index is 2.20. The van der Waals surface area contributed by atoms with E-state index in [0.29, 0.717) is 25.6 Å². The third-order valence-corrected chi connectivity index (χ3v) is 4.45. The quantitative estimate of drug-likeness (QED) is 0.847. The third kappa shape index (κ3) is 3.89. The van der Waals surface area contributed by atoms with Crippen molar-refractivity contribution >= 4 is 5.91 Å². The monoisotopic (exact) mass is 303 g/mol. The second-order valence-electron chi connectivity index (χ2n) is 7.01. The van der Waals surface area contributed by atoms with E-state index in [9.17, 15) is 4.79 Å². The molecule has 1 amide bonds. The van der Waals surface area contributed by atoms with Crippen molar-refractivity contribution in [3.63, 3.8) is 0 Å². The molecule has 1 heterocycles. The maximum Gasteiger partial charge on any atom is 0.230 e. The van der Waals surface area contributed by atoms with Crippen molar-refractivity contribution in [2.24, 2.45) is 5.92 Å². The van der Waals surface area contributed by atoms with E-state index in [-0.39, 0.29) is 23.8 Å². The summed E-state index contributed by atoms with van der Waals surface area (Å²) in [5, 5.41) is 0. The van der Waals surface area contributed by atoms with Gasteiger partial charge in [0.2, 0.25) is 5.91 Å². The van der Waals surface area contributed by atoms with Gasteiger partial charge in [0, 0.05) is 13.1 Å². The zero-order chi connectivity index (χ0) is 16.3. The van der Waals surface area contributed by atoms with Crippen LogP contribution in [0, 0.1) is 5.92 Å². The van der Waals surface area contributed by atoms with Gasteiger partial charge in [-0.1, -0.05) is 52.0 Å². The van der Waals surface area contributed by atoms with E-state index in [1.165, 1.54) is 5.56 Å². The van der Waals surface area contributed by atoms with Crippen molar-refractivity contribution in [2.75, 3.05) is 19.7 Å². The second kappa shape index (κ2) is 7.28. The molecule has 1 fully saturated rings. The van der Waals surface area contributed by atoms with E-state index in [1.807, 2.05) is 11.8 Å². The Morgan fingerprint density at radius 2 is 1.73 bits per heavy atom. The molecule has 122 valence electrons. The first-order valence-corrected chi connectivity index (χ1v) is 8.40. The fourth-order valence-corrected chi connectivity index (χ4v) is 3.12. The van der Waals surface area contributed by atoms with Gasteiger partial charge in [0.15, 0.2) is 0 Å². The molecule has 0 radical (unpaired) electrons. The minimum Gasteiger partial charge on any atom is -0.375 e. The molecule has 2 unspecified atom stereocenters. The number of amides is 1. The molecule has 1 aromatic rings. The van der Waals surface area contributed by atoms with Crippen LogP contribution in [0.25, 0.3) is 0 Å². The molecule has 2 rings (SSSR count). The van der Waals surface area contributed by atoms with Gasteiger partial charge >= 0.3 is 0 Å². The van der Waals surface area contributed by atoms with Crippen LogP contribution in [0.1, 0.15) is 57.6 Å². The molecule has 0 aliphatic carbocycles. The van der Waals surface area contributed by atoms with Gasteiger partial charge in [0.25, 0.3) is 0 Å². The summed E-state index contributed by atoms with van der Waals surface area (Å²) < 4.78 is 5.55. The fourth-order valence-electron chi connectivity index (χ4n) is 3.12. The average Bonchev–Trinajstić information content (AvgIpc) is 2.47. The first kappa shape index (κ1) is 17.0. The lowest BCUT2D eigenvalue weighted by Gasteiger charge is -2.35. The van der Waals surface area contributed by atoms with Gasteiger partial charge in [-0.05, 0) is 29.9 Å². The van der Waals surface area contributed by atoms with Gasteiger partial charge in [-0.25, -0.2) is 0 Å². The molecular weight excluding hydrogens is 274 g/mol. The van der Waals surface area contributed by atoms with Crippen molar-refractivity contribution < 1.29 is 9.53 Å². The van der Waals surface area contributed by atoms with Crippen molar-refractivity contribution in [1.29, 1.82) is 0 Å². The molecule has 22 heavy (non-hydrogen) atoms. The minimum atomic E-state index is -0.0634. The third-order valence-electron chi connectivity index (χ3n) is 4.45. The van der Waals surface area contributed by atoms with E-state index >= 15 is 0 Å². The molecule has 1 saturated heterocycles. The molecule has 0 spiro atoms. The van der Waals surface area contributed by atoms with Gasteiger partial charge in [-0.15, -0.1) is 0 Å². The Kier molecular flexibility index (Phi) is 5.63. The Bertz CT molecular complexity index is 493. The van der Waals surface area contributed by atoms with Gasteiger partial charge in [0.1, 0.15) is 0 Å². The van der Waals surface area contributed by atoms with E-state index in [0.717, 1.165) is 5.56 Å². The number of hydrogen-bond acceptors (Lipinski definition) is 2. The van der Waals surface area contributed by atoms with Crippen molar-refractivity contribution in [3.8, 4) is 0 Å². The molecule has 0 aromatic heterocycles. The minimum absolute atomic E-state index is 0.0634. The molecule has 1 aromatic carbocycles. The Hall–Kier alpha value is -1.35. The maximum atomic E-state index is 13.0. The van der Waals surface area contributed by atoms with E-state index in [2.05, 4.69) is 52.0 Å². The second-order valence-corrected chi connectivity index (χ2v) is 7.01. The summed E-state index contributed by atoms with van der Waals surface area (Å²) >= 11 is 0. The van der Waals surface area contributed by atoms with Crippen LogP contribution in [0.15, 0.2) is 24.3 Å². The molecule has 2 atom stereocenters. The van der Waals surface area contributed by atoms with Gasteiger partial charge in [-0.2, -0.15) is 0 Å². The highest BCUT2D eigenvalue weighted by Gasteiger charge is 2.31. The highest BCUT2D eigenvalue weighted by Crippen LogP contribution is 2.29. The fraction of sp³-hybridized carbons (Fsp3) is 0.632. The lowest BCUT2D eigenvalue weighted by molar-refractivity contribution is -0.140. The molecule has 0 bridgehead atoms. The average molecular weight is 303 g/mol. The summed E-state index contributed by atoms with van der Waals surface area (Å²) in [7, 11) is 0. The van der Waals surface area contributed by atoms with Crippen molar-refractivity contribution in [3.05, 3.63) is 35.4 Å². The van der Waals surface area contributed by atoms with Gasteiger partial charge in [-0.3, -0.25) is 4.79 Å². The lowest BCUT2D eigenvalue weighted by Crippen LogP contribution is -2.47. The first-order chi connectivity index (χ1) is 10.4. The van der Waals surface area contributed by atoms with E-state index in [1.54, 1.807) is 0 Å². The number of morpholine rings is 1. The standard InChI is InChI=1S/C19H29NO2/c1-13(2)16-6-8-17(9-7-16)18(14(3)4)19(21)20-10-11-22-15(5)12-20/h6-9,13-15,18H,10-12H2,1-5H3. The summed E-state index contributed by atoms with van der Waals surface area (Å²) in [6, 6.07) is 8.57. The molecule has 0 saturated carbocycles. The van der Waals surface area contributed by atoms with Crippen LogP contribution in [0.5, 0.6) is 0 Å². The molecule has 1 aliphatic heterocycles. The number of nitrogens with zero attached hydrogens (tertiary/aromatic N) is 1. The zero-order valence-corrected chi connectivity index (χ0v) is 14.5. The van der Waals surface area contributed by atoms with E-state index < -0.39 is 0 Å². The molecule has 1 aliphatic rings. The van der Waals surface area contributed by atoms with Gasteiger partial charge < -0.3 is 9.64 Å². The predicted octanol–water partition coefficient (Wildman–Crippen LogP) is 3.80. The van der Waals surface area contributed by atoms with Crippen LogP contribution in [-0.4, -0.2) is 36.6 Å². The number of benzene rings is 1. The number of hydrogen-bond donors (Lipinski definition) is 0. The summed E-state index contributed by atoms with van der Waals surface area (Å²) in [5.74, 6) is 0.979. The van der Waals surface area contributed by atoms with Gasteiger partial charge in [0.05, 0.1) is 18.6 Å². The maximum absolute atomic E-state index is 13.0. The van der Waals surface area contributed by atoms with Crippen LogP contribution in [-0.2, 0) is 9.53 Å². The largest absolute Gasteiger partial charge is 0.375 e. The highest BCUT2D eigenvalue weighted by atomic mass is 16.5. The Morgan fingerprint density at radius 1 is 1.14 bits per heavy atom. The summed E-state index contributed by atoms with van der Waals surface area (Å²) in [5.41, 5.74) is 2.45. The van der Waals surface area contributed by atoms with Crippen molar-refractivity contribution in [2.45, 2.75) is 52.6 Å². The molecule has 3 nitrogen and oxygen atoms in total. The van der Waals surface area contributed by atoms with Crippen LogP contribution < -0.4 is 0 Å². The summed E-state index contributed by atoms with van der Waals surface area (Å²) in [4.78, 5) is 14.9. The Morgan fingerprint density at radius 3 is 2.23 bits per heavy atom. The summed E-state index contributed by atoms with van der Waals surface area (Å²) in [6.45, 7) is 12.7. The summed E-state index contributed by atoms with van der Waals surface area (Å²) in [6.07, 6.45) is 0.133. The van der Waals surface area contributed by atoms with Crippen LogP contribution in [0.2, 0.25) is 0 Å². The van der Waals surface area contributed by atoms with E-state index in [4.69, 9.17) is 4.74 Å². The first-order valence-electron chi connectivity index (χ1n) is 8.40.